The Morgan fingerprint density at radius 3 is 3.11 bits per heavy atom. The SMILES string of the molecule is CCCSCc1noc(CC2CS(=O)(=O)CCN2)n1. The summed E-state index contributed by atoms with van der Waals surface area (Å²) in [5.74, 6) is 3.38. The first-order valence-corrected chi connectivity index (χ1v) is 9.39. The Hall–Kier alpha value is -0.600. The van der Waals surface area contributed by atoms with Crippen LogP contribution in [0.3, 0.4) is 0 Å². The van der Waals surface area contributed by atoms with Crippen LogP contribution in [0.4, 0.5) is 0 Å². The highest BCUT2D eigenvalue weighted by Crippen LogP contribution is 2.12. The van der Waals surface area contributed by atoms with E-state index in [-0.39, 0.29) is 17.5 Å². The first-order chi connectivity index (χ1) is 9.09. The van der Waals surface area contributed by atoms with Gasteiger partial charge in [0.15, 0.2) is 15.7 Å². The summed E-state index contributed by atoms with van der Waals surface area (Å²) in [7, 11) is -2.92. The van der Waals surface area contributed by atoms with E-state index in [0.717, 1.165) is 17.9 Å². The van der Waals surface area contributed by atoms with Crippen LogP contribution in [0, 0.1) is 0 Å². The Labute approximate surface area is 117 Å². The van der Waals surface area contributed by atoms with E-state index in [1.807, 2.05) is 0 Å². The molecule has 19 heavy (non-hydrogen) atoms. The molecule has 0 aromatic carbocycles. The van der Waals surface area contributed by atoms with Crippen molar-refractivity contribution in [2.24, 2.45) is 0 Å². The average Bonchev–Trinajstić information content (AvgIpc) is 2.76. The maximum absolute atomic E-state index is 11.5. The van der Waals surface area contributed by atoms with Crippen molar-refractivity contribution in [1.29, 1.82) is 0 Å². The zero-order valence-electron chi connectivity index (χ0n) is 11.0. The van der Waals surface area contributed by atoms with E-state index in [0.29, 0.717) is 24.7 Å². The van der Waals surface area contributed by atoms with Crippen LogP contribution in [0.1, 0.15) is 25.1 Å². The summed E-state index contributed by atoms with van der Waals surface area (Å²) >= 11 is 1.77. The van der Waals surface area contributed by atoms with Gasteiger partial charge in [-0.25, -0.2) is 8.42 Å². The number of sulfone groups is 1. The van der Waals surface area contributed by atoms with Crippen LogP contribution >= 0.6 is 11.8 Å². The first kappa shape index (κ1) is 14.8. The third-order valence-electron chi connectivity index (χ3n) is 2.81. The summed E-state index contributed by atoms with van der Waals surface area (Å²) in [6, 6.07) is -0.115. The zero-order valence-corrected chi connectivity index (χ0v) is 12.6. The lowest BCUT2D eigenvalue weighted by molar-refractivity contribution is 0.358. The van der Waals surface area contributed by atoms with Crippen LogP contribution in [-0.2, 0) is 22.0 Å². The minimum absolute atomic E-state index is 0.115. The van der Waals surface area contributed by atoms with Crippen LogP contribution in [-0.4, -0.2) is 48.4 Å². The second-order valence-electron chi connectivity index (χ2n) is 4.63. The number of hydrogen-bond acceptors (Lipinski definition) is 7. The fourth-order valence-corrected chi connectivity index (χ4v) is 4.13. The van der Waals surface area contributed by atoms with Crippen LogP contribution in [0.15, 0.2) is 4.52 Å². The van der Waals surface area contributed by atoms with E-state index in [1.165, 1.54) is 0 Å². The van der Waals surface area contributed by atoms with Crippen LogP contribution in [0.5, 0.6) is 0 Å². The molecule has 0 saturated carbocycles. The van der Waals surface area contributed by atoms with Gasteiger partial charge in [0, 0.05) is 19.0 Å². The molecule has 1 aliphatic heterocycles. The molecule has 1 aromatic rings. The molecule has 2 rings (SSSR count). The number of nitrogens with one attached hydrogen (secondary N) is 1. The van der Waals surface area contributed by atoms with Crippen LogP contribution in [0.25, 0.3) is 0 Å². The molecular weight excluding hydrogens is 286 g/mol. The Morgan fingerprint density at radius 1 is 1.53 bits per heavy atom. The third kappa shape index (κ3) is 4.77. The van der Waals surface area contributed by atoms with Gasteiger partial charge in [0.2, 0.25) is 5.89 Å². The van der Waals surface area contributed by atoms with Crippen molar-refractivity contribution in [3.05, 3.63) is 11.7 Å². The molecule has 1 atom stereocenters. The second kappa shape index (κ2) is 6.71. The highest BCUT2D eigenvalue weighted by atomic mass is 32.2. The molecule has 8 heteroatoms. The van der Waals surface area contributed by atoms with Gasteiger partial charge in [-0.05, 0) is 12.2 Å². The molecular formula is C11H19N3O3S2. The van der Waals surface area contributed by atoms with Crippen LogP contribution in [0.2, 0.25) is 0 Å². The van der Waals surface area contributed by atoms with E-state index >= 15 is 0 Å². The van der Waals surface area contributed by atoms with Crippen molar-refractivity contribution in [3.8, 4) is 0 Å². The Bertz CT molecular complexity index is 501. The van der Waals surface area contributed by atoms with E-state index in [4.69, 9.17) is 4.52 Å². The van der Waals surface area contributed by atoms with Crippen LogP contribution < -0.4 is 5.32 Å². The van der Waals surface area contributed by atoms with Crippen molar-refractivity contribution >= 4 is 21.6 Å². The minimum Gasteiger partial charge on any atom is -0.339 e. The number of hydrogen-bond donors (Lipinski definition) is 1. The van der Waals surface area contributed by atoms with Gasteiger partial charge in [-0.2, -0.15) is 16.7 Å². The molecule has 1 aliphatic rings. The van der Waals surface area contributed by atoms with Gasteiger partial charge < -0.3 is 9.84 Å². The van der Waals surface area contributed by atoms with Gasteiger partial charge in [-0.3, -0.25) is 0 Å². The molecule has 0 amide bonds. The molecule has 6 nitrogen and oxygen atoms in total. The molecule has 1 fully saturated rings. The highest BCUT2D eigenvalue weighted by Gasteiger charge is 2.25. The summed E-state index contributed by atoms with van der Waals surface area (Å²) in [5.41, 5.74) is 0. The lowest BCUT2D eigenvalue weighted by Gasteiger charge is -2.21. The second-order valence-corrected chi connectivity index (χ2v) is 7.96. The molecule has 1 N–H and O–H groups in total. The highest BCUT2D eigenvalue weighted by molar-refractivity contribution is 7.98. The molecule has 0 bridgehead atoms. The number of rotatable bonds is 6. The molecule has 1 saturated heterocycles. The van der Waals surface area contributed by atoms with E-state index in [1.54, 1.807) is 11.8 Å². The zero-order chi connectivity index (χ0) is 13.7. The molecule has 0 aliphatic carbocycles. The van der Waals surface area contributed by atoms with E-state index < -0.39 is 9.84 Å². The maximum Gasteiger partial charge on any atom is 0.228 e. The summed E-state index contributed by atoms with van der Waals surface area (Å²) < 4.78 is 28.2. The first-order valence-electron chi connectivity index (χ1n) is 6.42. The van der Waals surface area contributed by atoms with E-state index in [2.05, 4.69) is 22.4 Å². The van der Waals surface area contributed by atoms with Crippen molar-refractivity contribution in [3.63, 3.8) is 0 Å². The third-order valence-corrected chi connectivity index (χ3v) is 5.71. The predicted octanol–water partition coefficient (Wildman–Crippen LogP) is 0.642. The van der Waals surface area contributed by atoms with Gasteiger partial charge in [-0.1, -0.05) is 12.1 Å². The topological polar surface area (TPSA) is 85.1 Å². The lowest BCUT2D eigenvalue weighted by Crippen LogP contribution is -2.46. The Morgan fingerprint density at radius 2 is 2.37 bits per heavy atom. The normalized spacial score (nSPS) is 22.5. The molecule has 1 aromatic heterocycles. The minimum atomic E-state index is -2.92. The molecule has 2 heterocycles. The molecule has 0 spiro atoms. The standard InChI is InChI=1S/C11H19N3O3S2/c1-2-4-18-7-10-13-11(17-14-10)6-9-8-19(15,16)5-3-12-9/h9,12H,2-8H2,1H3. The van der Waals surface area contributed by atoms with Gasteiger partial charge >= 0.3 is 0 Å². The summed E-state index contributed by atoms with van der Waals surface area (Å²) in [6.45, 7) is 2.63. The summed E-state index contributed by atoms with van der Waals surface area (Å²) in [6.07, 6.45) is 1.60. The summed E-state index contributed by atoms with van der Waals surface area (Å²) in [4.78, 5) is 4.29. The Balaban J connectivity index is 1.85. The van der Waals surface area contributed by atoms with Crippen molar-refractivity contribution < 1.29 is 12.9 Å². The largest absolute Gasteiger partial charge is 0.339 e. The fourth-order valence-electron chi connectivity index (χ4n) is 1.95. The monoisotopic (exact) mass is 305 g/mol. The van der Waals surface area contributed by atoms with Gasteiger partial charge in [0.25, 0.3) is 0 Å². The number of aromatic nitrogens is 2. The fraction of sp³-hybridized carbons (Fsp3) is 0.818. The van der Waals surface area contributed by atoms with Gasteiger partial charge in [-0.15, -0.1) is 0 Å². The maximum atomic E-state index is 11.5. The summed E-state index contributed by atoms with van der Waals surface area (Å²) in [5, 5.41) is 7.08. The average molecular weight is 305 g/mol. The van der Waals surface area contributed by atoms with Gasteiger partial charge in [0.1, 0.15) is 0 Å². The molecule has 0 radical (unpaired) electrons. The van der Waals surface area contributed by atoms with Gasteiger partial charge in [0.05, 0.1) is 17.3 Å². The Kier molecular flexibility index (Phi) is 5.23. The van der Waals surface area contributed by atoms with Crippen molar-refractivity contribution in [2.75, 3.05) is 23.8 Å². The van der Waals surface area contributed by atoms with E-state index in [9.17, 15) is 8.42 Å². The lowest BCUT2D eigenvalue weighted by atomic mass is 10.2. The number of thioether (sulfide) groups is 1. The smallest absolute Gasteiger partial charge is 0.228 e. The predicted molar refractivity (Wildman–Crippen MR) is 74.9 cm³/mol. The molecule has 1 unspecified atom stereocenters. The number of nitrogens with zero attached hydrogens (tertiary/aromatic N) is 2. The van der Waals surface area contributed by atoms with Crippen molar-refractivity contribution in [1.82, 2.24) is 15.5 Å². The molecule has 108 valence electrons. The van der Waals surface area contributed by atoms with Crippen molar-refractivity contribution in [2.45, 2.75) is 31.6 Å². The quantitative estimate of drug-likeness (QED) is 0.772.